The minimum absolute atomic E-state index is 0.110. The highest BCUT2D eigenvalue weighted by Gasteiger charge is 2.13. The van der Waals surface area contributed by atoms with E-state index in [2.05, 4.69) is 37.2 Å². The van der Waals surface area contributed by atoms with Gasteiger partial charge in [-0.3, -0.25) is 4.79 Å². The fourth-order valence-electron chi connectivity index (χ4n) is 2.04. The first kappa shape index (κ1) is 14.3. The fraction of sp³-hybridized carbons (Fsp3) is 0.214. The fourth-order valence-corrected chi connectivity index (χ4v) is 3.25. The largest absolute Gasteiger partial charge is 0.345 e. The second kappa shape index (κ2) is 5.51. The van der Waals surface area contributed by atoms with Crippen molar-refractivity contribution in [1.29, 1.82) is 0 Å². The van der Waals surface area contributed by atoms with Gasteiger partial charge in [-0.2, -0.15) is 0 Å². The van der Waals surface area contributed by atoms with Gasteiger partial charge in [0.2, 0.25) is 0 Å². The lowest BCUT2D eigenvalue weighted by molar-refractivity contribution is 0.101. The van der Waals surface area contributed by atoms with Crippen LogP contribution in [-0.2, 0) is 7.05 Å². The number of benzene rings is 1. The first-order valence-corrected chi connectivity index (χ1v) is 7.37. The molecule has 3 nitrogen and oxygen atoms in total. The third kappa shape index (κ3) is 3.09. The number of nitrogens with zero attached hydrogens (tertiary/aromatic N) is 1. The Bertz CT molecular complexity index is 624. The molecular weight excluding hydrogens is 372 g/mol. The Morgan fingerprint density at radius 2 is 1.68 bits per heavy atom. The number of anilines is 1. The zero-order valence-corrected chi connectivity index (χ0v) is 14.1. The number of halogens is 2. The number of carbonyl (C=O) groups is 1. The van der Waals surface area contributed by atoms with Crippen LogP contribution < -0.4 is 5.32 Å². The lowest BCUT2D eigenvalue weighted by atomic mass is 10.1. The monoisotopic (exact) mass is 384 g/mol. The van der Waals surface area contributed by atoms with Crippen LogP contribution in [0.15, 0.2) is 33.3 Å². The molecule has 0 aliphatic carbocycles. The number of amides is 1. The Morgan fingerprint density at radius 3 is 2.16 bits per heavy atom. The molecule has 0 unspecified atom stereocenters. The zero-order chi connectivity index (χ0) is 14.2. The number of rotatable bonds is 2. The molecule has 0 spiro atoms. The Kier molecular flexibility index (Phi) is 4.16. The summed E-state index contributed by atoms with van der Waals surface area (Å²) in [4.78, 5) is 12.3. The highest BCUT2D eigenvalue weighted by atomic mass is 79.9. The average Bonchev–Trinajstić information content (AvgIpc) is 2.62. The van der Waals surface area contributed by atoms with Gasteiger partial charge in [0.15, 0.2) is 0 Å². The number of aryl methyl sites for hydroxylation is 3. The highest BCUT2D eigenvalue weighted by molar-refractivity contribution is 9.10. The molecule has 1 heterocycles. The summed E-state index contributed by atoms with van der Waals surface area (Å²) in [5, 5.41) is 2.97. The molecule has 0 radical (unpaired) electrons. The van der Waals surface area contributed by atoms with Gasteiger partial charge in [-0.15, -0.1) is 0 Å². The van der Waals surface area contributed by atoms with E-state index < -0.39 is 0 Å². The van der Waals surface area contributed by atoms with Gasteiger partial charge in [0.25, 0.3) is 5.91 Å². The van der Waals surface area contributed by atoms with Gasteiger partial charge in [0.1, 0.15) is 5.69 Å². The quantitative estimate of drug-likeness (QED) is 0.815. The van der Waals surface area contributed by atoms with Crippen molar-refractivity contribution in [3.63, 3.8) is 0 Å². The molecule has 1 aromatic heterocycles. The van der Waals surface area contributed by atoms with Crippen LogP contribution in [0.3, 0.4) is 0 Å². The molecule has 0 bridgehead atoms. The molecule has 0 saturated heterocycles. The van der Waals surface area contributed by atoms with E-state index in [9.17, 15) is 4.79 Å². The smallest absolute Gasteiger partial charge is 0.272 e. The van der Waals surface area contributed by atoms with Crippen molar-refractivity contribution in [1.82, 2.24) is 4.57 Å². The van der Waals surface area contributed by atoms with Crippen molar-refractivity contribution >= 4 is 43.5 Å². The van der Waals surface area contributed by atoms with Crippen LogP contribution >= 0.6 is 31.9 Å². The van der Waals surface area contributed by atoms with E-state index >= 15 is 0 Å². The number of hydrogen-bond acceptors (Lipinski definition) is 1. The van der Waals surface area contributed by atoms with Crippen molar-refractivity contribution in [3.8, 4) is 0 Å². The number of nitrogens with one attached hydrogen (secondary N) is 1. The lowest BCUT2D eigenvalue weighted by Gasteiger charge is -2.12. The SMILES string of the molecule is Cc1cc(Br)cc(C)c1NC(=O)c1cc(Br)cn1C. The second-order valence-corrected chi connectivity index (χ2v) is 6.35. The van der Waals surface area contributed by atoms with Gasteiger partial charge in [-0.1, -0.05) is 15.9 Å². The van der Waals surface area contributed by atoms with Gasteiger partial charge < -0.3 is 9.88 Å². The van der Waals surface area contributed by atoms with Crippen LogP contribution in [0, 0.1) is 13.8 Å². The maximum Gasteiger partial charge on any atom is 0.272 e. The summed E-state index contributed by atoms with van der Waals surface area (Å²) >= 11 is 6.82. The summed E-state index contributed by atoms with van der Waals surface area (Å²) in [6.45, 7) is 3.96. The molecule has 0 aliphatic heterocycles. The molecule has 100 valence electrons. The molecule has 5 heteroatoms. The van der Waals surface area contributed by atoms with E-state index in [1.807, 2.05) is 39.2 Å². The van der Waals surface area contributed by atoms with E-state index in [1.54, 1.807) is 10.6 Å². The predicted octanol–water partition coefficient (Wildman–Crippen LogP) is 4.42. The highest BCUT2D eigenvalue weighted by Crippen LogP contribution is 2.26. The molecule has 0 aliphatic rings. The normalized spacial score (nSPS) is 10.6. The van der Waals surface area contributed by atoms with Crippen LogP contribution in [0.5, 0.6) is 0 Å². The van der Waals surface area contributed by atoms with Gasteiger partial charge in [-0.25, -0.2) is 0 Å². The first-order chi connectivity index (χ1) is 8.88. The Morgan fingerprint density at radius 1 is 1.11 bits per heavy atom. The summed E-state index contributed by atoms with van der Waals surface area (Å²) in [6.07, 6.45) is 1.86. The molecule has 0 atom stereocenters. The maximum absolute atomic E-state index is 12.3. The van der Waals surface area contributed by atoms with Crippen molar-refractivity contribution in [2.24, 2.45) is 7.05 Å². The van der Waals surface area contributed by atoms with Crippen molar-refractivity contribution < 1.29 is 4.79 Å². The van der Waals surface area contributed by atoms with Gasteiger partial charge in [0.05, 0.1) is 0 Å². The van der Waals surface area contributed by atoms with E-state index in [1.165, 1.54) is 0 Å². The molecule has 0 fully saturated rings. The minimum Gasteiger partial charge on any atom is -0.345 e. The van der Waals surface area contributed by atoms with Crippen LogP contribution in [0.25, 0.3) is 0 Å². The van der Waals surface area contributed by atoms with Crippen molar-refractivity contribution in [2.75, 3.05) is 5.32 Å². The van der Waals surface area contributed by atoms with E-state index in [-0.39, 0.29) is 5.91 Å². The lowest BCUT2D eigenvalue weighted by Crippen LogP contribution is -2.16. The molecule has 1 amide bonds. The van der Waals surface area contributed by atoms with E-state index in [0.29, 0.717) is 5.69 Å². The Hall–Kier alpha value is -1.07. The average molecular weight is 386 g/mol. The zero-order valence-electron chi connectivity index (χ0n) is 10.9. The molecule has 2 aromatic rings. The second-order valence-electron chi connectivity index (χ2n) is 4.52. The summed E-state index contributed by atoms with van der Waals surface area (Å²) in [6, 6.07) is 5.78. The molecule has 19 heavy (non-hydrogen) atoms. The topological polar surface area (TPSA) is 34.0 Å². The maximum atomic E-state index is 12.3. The minimum atomic E-state index is -0.110. The van der Waals surface area contributed by atoms with E-state index in [0.717, 1.165) is 25.8 Å². The summed E-state index contributed by atoms with van der Waals surface area (Å²) in [5.41, 5.74) is 3.56. The summed E-state index contributed by atoms with van der Waals surface area (Å²) < 4.78 is 3.70. The molecule has 0 saturated carbocycles. The number of aromatic nitrogens is 1. The first-order valence-electron chi connectivity index (χ1n) is 5.78. The molecular formula is C14H14Br2N2O. The number of carbonyl (C=O) groups excluding carboxylic acids is 1. The third-order valence-electron chi connectivity index (χ3n) is 2.94. The van der Waals surface area contributed by atoms with Gasteiger partial charge >= 0.3 is 0 Å². The Balaban J connectivity index is 2.32. The van der Waals surface area contributed by atoms with Crippen LogP contribution in [0.1, 0.15) is 21.6 Å². The summed E-state index contributed by atoms with van der Waals surface area (Å²) in [5.74, 6) is -0.110. The predicted molar refractivity (Wildman–Crippen MR) is 84.7 cm³/mol. The molecule has 1 aromatic carbocycles. The standard InChI is InChI=1S/C14H14Br2N2O/c1-8-4-10(15)5-9(2)13(8)17-14(19)12-6-11(16)7-18(12)3/h4-7H,1-3H3,(H,17,19). The van der Waals surface area contributed by atoms with Crippen LogP contribution in [-0.4, -0.2) is 10.5 Å². The molecule has 1 N–H and O–H groups in total. The van der Waals surface area contributed by atoms with Crippen molar-refractivity contribution in [2.45, 2.75) is 13.8 Å². The summed E-state index contributed by atoms with van der Waals surface area (Å²) in [7, 11) is 1.85. The molecule has 2 rings (SSSR count). The van der Waals surface area contributed by atoms with Crippen LogP contribution in [0.2, 0.25) is 0 Å². The Labute approximate surface area is 129 Å². The van der Waals surface area contributed by atoms with E-state index in [4.69, 9.17) is 0 Å². The number of hydrogen-bond donors (Lipinski definition) is 1. The van der Waals surface area contributed by atoms with Crippen LogP contribution in [0.4, 0.5) is 5.69 Å². The van der Waals surface area contributed by atoms with Crippen molar-refractivity contribution in [3.05, 3.63) is 50.2 Å². The van der Waals surface area contributed by atoms with Gasteiger partial charge in [0, 0.05) is 27.9 Å². The van der Waals surface area contributed by atoms with Gasteiger partial charge in [-0.05, 0) is 59.1 Å². The third-order valence-corrected chi connectivity index (χ3v) is 3.83.